The molecule has 2 rings (SSSR count). The molecule has 2 aliphatic heterocycles. The SMILES string of the molecule is O=S(=O)(N1CCC1)N1CCC1. The quantitative estimate of drug-likeness (QED) is 0.576. The molecule has 0 aromatic rings. The van der Waals surface area contributed by atoms with Crippen LogP contribution in [0.2, 0.25) is 0 Å². The van der Waals surface area contributed by atoms with Gasteiger partial charge in [0.05, 0.1) is 0 Å². The van der Waals surface area contributed by atoms with Gasteiger partial charge in [0, 0.05) is 26.2 Å². The molecule has 2 heterocycles. The maximum absolute atomic E-state index is 11.4. The van der Waals surface area contributed by atoms with E-state index in [0.717, 1.165) is 39.0 Å². The summed E-state index contributed by atoms with van der Waals surface area (Å²) in [6.45, 7) is 2.88. The summed E-state index contributed by atoms with van der Waals surface area (Å²) in [6.07, 6.45) is 2.04. The van der Waals surface area contributed by atoms with Crippen LogP contribution in [0.1, 0.15) is 12.8 Å². The van der Waals surface area contributed by atoms with E-state index in [2.05, 4.69) is 0 Å². The first-order valence-electron chi connectivity index (χ1n) is 3.96. The highest BCUT2D eigenvalue weighted by atomic mass is 32.2. The zero-order valence-corrected chi connectivity index (χ0v) is 7.18. The largest absolute Gasteiger partial charge is 0.281 e. The van der Waals surface area contributed by atoms with Gasteiger partial charge in [0.1, 0.15) is 0 Å². The Labute approximate surface area is 67.0 Å². The fourth-order valence-electron chi connectivity index (χ4n) is 1.20. The summed E-state index contributed by atoms with van der Waals surface area (Å²) in [4.78, 5) is 0. The highest BCUT2D eigenvalue weighted by molar-refractivity contribution is 7.86. The summed E-state index contributed by atoms with van der Waals surface area (Å²) >= 11 is 0. The summed E-state index contributed by atoms with van der Waals surface area (Å²) in [6, 6.07) is 0. The molecule has 0 bridgehead atoms. The predicted octanol–water partition coefficient (Wildman–Crippen LogP) is -0.357. The summed E-state index contributed by atoms with van der Waals surface area (Å²) in [5.74, 6) is 0. The van der Waals surface area contributed by atoms with Crippen LogP contribution in [-0.4, -0.2) is 43.2 Å². The van der Waals surface area contributed by atoms with Gasteiger partial charge >= 0.3 is 0 Å². The molecule has 2 fully saturated rings. The van der Waals surface area contributed by atoms with Crippen molar-refractivity contribution in [2.45, 2.75) is 12.8 Å². The van der Waals surface area contributed by atoms with E-state index in [1.807, 2.05) is 0 Å². The maximum atomic E-state index is 11.4. The van der Waals surface area contributed by atoms with Crippen LogP contribution in [-0.2, 0) is 10.2 Å². The van der Waals surface area contributed by atoms with E-state index in [4.69, 9.17) is 0 Å². The van der Waals surface area contributed by atoms with Crippen LogP contribution in [0.3, 0.4) is 0 Å². The van der Waals surface area contributed by atoms with Crippen LogP contribution in [0, 0.1) is 0 Å². The van der Waals surface area contributed by atoms with Gasteiger partial charge in [-0.05, 0) is 12.8 Å². The fraction of sp³-hybridized carbons (Fsp3) is 1.00. The third-order valence-electron chi connectivity index (χ3n) is 2.28. The van der Waals surface area contributed by atoms with E-state index < -0.39 is 10.2 Å². The second kappa shape index (κ2) is 2.43. The van der Waals surface area contributed by atoms with Gasteiger partial charge < -0.3 is 0 Å². The van der Waals surface area contributed by atoms with Crippen molar-refractivity contribution in [3.8, 4) is 0 Å². The normalized spacial score (nSPS) is 27.6. The lowest BCUT2D eigenvalue weighted by molar-refractivity contribution is 0.238. The van der Waals surface area contributed by atoms with E-state index in [1.54, 1.807) is 8.61 Å². The van der Waals surface area contributed by atoms with Crippen molar-refractivity contribution in [3.05, 3.63) is 0 Å². The van der Waals surface area contributed by atoms with Crippen LogP contribution in [0.15, 0.2) is 0 Å². The average Bonchev–Trinajstić information content (AvgIpc) is 1.46. The molecule has 0 atom stereocenters. The molecule has 4 nitrogen and oxygen atoms in total. The van der Waals surface area contributed by atoms with Gasteiger partial charge in [-0.1, -0.05) is 0 Å². The van der Waals surface area contributed by atoms with Crippen molar-refractivity contribution >= 4 is 10.2 Å². The first kappa shape index (κ1) is 7.52. The van der Waals surface area contributed by atoms with Crippen LogP contribution >= 0.6 is 0 Å². The van der Waals surface area contributed by atoms with Gasteiger partial charge in [0.2, 0.25) is 0 Å². The van der Waals surface area contributed by atoms with Gasteiger partial charge in [0.25, 0.3) is 10.2 Å². The number of rotatable bonds is 2. The molecule has 0 N–H and O–H groups in total. The first-order chi connectivity index (χ1) is 5.21. The molecule has 2 saturated heterocycles. The smallest absolute Gasteiger partial charge is 0.195 e. The van der Waals surface area contributed by atoms with Crippen molar-refractivity contribution in [1.29, 1.82) is 0 Å². The van der Waals surface area contributed by atoms with E-state index >= 15 is 0 Å². The highest BCUT2D eigenvalue weighted by Gasteiger charge is 2.35. The van der Waals surface area contributed by atoms with Crippen LogP contribution < -0.4 is 0 Å². The molecular formula is C6H12N2O2S. The molecule has 11 heavy (non-hydrogen) atoms. The first-order valence-corrected chi connectivity index (χ1v) is 5.36. The molecule has 5 heteroatoms. The Bertz CT molecular complexity index is 221. The Balaban J connectivity index is 2.07. The minimum atomic E-state index is -3.00. The second-order valence-corrected chi connectivity index (χ2v) is 4.94. The maximum Gasteiger partial charge on any atom is 0.281 e. The lowest BCUT2D eigenvalue weighted by Gasteiger charge is -2.38. The third-order valence-corrected chi connectivity index (χ3v) is 4.32. The summed E-state index contributed by atoms with van der Waals surface area (Å²) < 4.78 is 26.0. The van der Waals surface area contributed by atoms with Crippen molar-refractivity contribution < 1.29 is 8.42 Å². The topological polar surface area (TPSA) is 40.6 Å². The Hall–Kier alpha value is -0.130. The van der Waals surface area contributed by atoms with E-state index in [0.29, 0.717) is 0 Å². The van der Waals surface area contributed by atoms with Crippen LogP contribution in [0.5, 0.6) is 0 Å². The van der Waals surface area contributed by atoms with Gasteiger partial charge in [-0.2, -0.15) is 17.0 Å². The number of hydrogen-bond acceptors (Lipinski definition) is 2. The molecule has 0 radical (unpaired) electrons. The summed E-state index contributed by atoms with van der Waals surface area (Å²) in [7, 11) is -3.00. The lowest BCUT2D eigenvalue weighted by Crippen LogP contribution is -2.54. The Morgan fingerprint density at radius 3 is 1.36 bits per heavy atom. The van der Waals surface area contributed by atoms with Crippen LogP contribution in [0.4, 0.5) is 0 Å². The molecule has 2 aliphatic rings. The molecule has 0 aromatic carbocycles. The Morgan fingerprint density at radius 1 is 0.818 bits per heavy atom. The van der Waals surface area contributed by atoms with Crippen LogP contribution in [0.25, 0.3) is 0 Å². The summed E-state index contributed by atoms with van der Waals surface area (Å²) in [5.41, 5.74) is 0. The van der Waals surface area contributed by atoms with E-state index in [1.165, 1.54) is 0 Å². The Morgan fingerprint density at radius 2 is 1.18 bits per heavy atom. The minimum absolute atomic E-state index is 0.721. The van der Waals surface area contributed by atoms with E-state index in [-0.39, 0.29) is 0 Å². The van der Waals surface area contributed by atoms with E-state index in [9.17, 15) is 8.42 Å². The zero-order valence-electron chi connectivity index (χ0n) is 6.36. The van der Waals surface area contributed by atoms with Gasteiger partial charge in [-0.15, -0.1) is 0 Å². The molecule has 0 saturated carbocycles. The van der Waals surface area contributed by atoms with Gasteiger partial charge in [0.15, 0.2) is 0 Å². The molecule has 0 aromatic heterocycles. The molecule has 0 aliphatic carbocycles. The monoisotopic (exact) mass is 176 g/mol. The van der Waals surface area contributed by atoms with Crippen molar-refractivity contribution in [2.24, 2.45) is 0 Å². The van der Waals surface area contributed by atoms with Crippen molar-refractivity contribution in [1.82, 2.24) is 8.61 Å². The lowest BCUT2D eigenvalue weighted by atomic mass is 10.3. The molecule has 0 spiro atoms. The number of hydrogen-bond donors (Lipinski definition) is 0. The average molecular weight is 176 g/mol. The van der Waals surface area contributed by atoms with Crippen molar-refractivity contribution in [2.75, 3.05) is 26.2 Å². The zero-order chi connectivity index (χ0) is 7.90. The van der Waals surface area contributed by atoms with Gasteiger partial charge in [-0.25, -0.2) is 0 Å². The van der Waals surface area contributed by atoms with Gasteiger partial charge in [-0.3, -0.25) is 0 Å². The number of nitrogens with zero attached hydrogens (tertiary/aromatic N) is 2. The molecule has 0 unspecified atom stereocenters. The Kier molecular flexibility index (Phi) is 1.66. The third kappa shape index (κ3) is 1.07. The molecule has 0 amide bonds. The highest BCUT2D eigenvalue weighted by Crippen LogP contribution is 2.20. The standard InChI is InChI=1S/C6H12N2O2S/c9-11(10,7-3-1-4-7)8-5-2-6-8/h1-6H2. The molecule has 64 valence electrons. The summed E-state index contributed by atoms with van der Waals surface area (Å²) in [5, 5.41) is 0. The minimum Gasteiger partial charge on any atom is -0.195 e. The fourth-order valence-corrected chi connectivity index (χ4v) is 2.97. The predicted molar refractivity (Wildman–Crippen MR) is 41.3 cm³/mol. The van der Waals surface area contributed by atoms with Crippen molar-refractivity contribution in [3.63, 3.8) is 0 Å². The molecular weight excluding hydrogens is 164 g/mol. The second-order valence-electron chi connectivity index (χ2n) is 3.01.